The quantitative estimate of drug-likeness (QED) is 0.672. The average molecular weight is 199 g/mol. The molecule has 0 aromatic rings. The van der Waals surface area contributed by atoms with Crippen LogP contribution in [0.2, 0.25) is 0 Å². The smallest absolute Gasteiger partial charge is 0.00725 e. The minimum Gasteiger partial charge on any atom is -0.302 e. The third-order valence-corrected chi connectivity index (χ3v) is 4.35. The van der Waals surface area contributed by atoms with E-state index in [-0.39, 0.29) is 0 Å². The second-order valence-corrected chi connectivity index (χ2v) is 5.64. The molecule has 0 atom stereocenters. The molecule has 1 aliphatic carbocycles. The number of rotatable bonds is 2. The van der Waals surface area contributed by atoms with E-state index in [1.54, 1.807) is 0 Å². The van der Waals surface area contributed by atoms with Crippen molar-refractivity contribution >= 4 is 11.8 Å². The predicted octanol–water partition coefficient (Wildman–Crippen LogP) is 2.62. The molecular weight excluding hydrogens is 178 g/mol. The molecule has 1 aliphatic heterocycles. The molecule has 0 aromatic heterocycles. The molecule has 0 unspecified atom stereocenters. The number of hydrogen-bond donors (Lipinski definition) is 0. The normalized spacial score (nSPS) is 27.7. The van der Waals surface area contributed by atoms with E-state index in [1.807, 2.05) is 0 Å². The molecule has 2 heteroatoms. The van der Waals surface area contributed by atoms with Crippen molar-refractivity contribution in [3.8, 4) is 0 Å². The Bertz CT molecular complexity index is 135. The minimum absolute atomic E-state index is 1.04. The summed E-state index contributed by atoms with van der Waals surface area (Å²) in [6, 6.07) is 0. The van der Waals surface area contributed by atoms with Crippen molar-refractivity contribution < 1.29 is 0 Å². The molecule has 13 heavy (non-hydrogen) atoms. The molecule has 1 nitrogen and oxygen atoms in total. The summed E-state index contributed by atoms with van der Waals surface area (Å²) in [5, 5.41) is 0. The molecule has 1 saturated carbocycles. The highest BCUT2D eigenvalue weighted by Gasteiger charge is 2.18. The summed E-state index contributed by atoms with van der Waals surface area (Å²) in [6.45, 7) is 4.12. The summed E-state index contributed by atoms with van der Waals surface area (Å²) in [7, 11) is 0. The Balaban J connectivity index is 1.71. The van der Waals surface area contributed by atoms with Gasteiger partial charge in [0.1, 0.15) is 0 Å². The molecule has 1 heterocycles. The standard InChI is InChI=1S/C11H21NS/c1-2-5-11(4-1)10-12-6-3-8-13-9-7-12/h11H,1-10H2. The van der Waals surface area contributed by atoms with Gasteiger partial charge in [-0.1, -0.05) is 12.8 Å². The van der Waals surface area contributed by atoms with Crippen molar-refractivity contribution in [2.45, 2.75) is 32.1 Å². The van der Waals surface area contributed by atoms with Gasteiger partial charge in [-0.15, -0.1) is 0 Å². The third kappa shape index (κ3) is 3.17. The van der Waals surface area contributed by atoms with Gasteiger partial charge in [0, 0.05) is 18.8 Å². The lowest BCUT2D eigenvalue weighted by molar-refractivity contribution is 0.248. The van der Waals surface area contributed by atoms with Crippen molar-refractivity contribution in [3.05, 3.63) is 0 Å². The van der Waals surface area contributed by atoms with Crippen molar-refractivity contribution in [2.75, 3.05) is 31.1 Å². The maximum absolute atomic E-state index is 2.70. The van der Waals surface area contributed by atoms with Gasteiger partial charge in [-0.05, 0) is 37.5 Å². The maximum Gasteiger partial charge on any atom is 0.00725 e. The van der Waals surface area contributed by atoms with E-state index in [0.29, 0.717) is 0 Å². The fourth-order valence-corrected chi connectivity index (χ4v) is 3.46. The summed E-state index contributed by atoms with van der Waals surface area (Å²) >= 11 is 2.14. The summed E-state index contributed by atoms with van der Waals surface area (Å²) in [6.07, 6.45) is 7.41. The van der Waals surface area contributed by atoms with Crippen molar-refractivity contribution in [3.63, 3.8) is 0 Å². The number of hydrogen-bond acceptors (Lipinski definition) is 2. The zero-order valence-corrected chi connectivity index (χ0v) is 9.32. The van der Waals surface area contributed by atoms with E-state index in [9.17, 15) is 0 Å². The summed E-state index contributed by atoms with van der Waals surface area (Å²) in [5.74, 6) is 3.80. The lowest BCUT2D eigenvalue weighted by atomic mass is 10.1. The molecule has 0 bridgehead atoms. The van der Waals surface area contributed by atoms with E-state index in [0.717, 1.165) is 5.92 Å². The SMILES string of the molecule is C1CCC(CN2CCCSCC2)C1. The Hall–Kier alpha value is 0.310. The van der Waals surface area contributed by atoms with E-state index < -0.39 is 0 Å². The molecule has 76 valence electrons. The topological polar surface area (TPSA) is 3.24 Å². The number of nitrogens with zero attached hydrogens (tertiary/aromatic N) is 1. The Morgan fingerprint density at radius 1 is 1.00 bits per heavy atom. The van der Waals surface area contributed by atoms with Crippen LogP contribution < -0.4 is 0 Å². The molecule has 0 N–H and O–H groups in total. The van der Waals surface area contributed by atoms with Crippen molar-refractivity contribution in [1.29, 1.82) is 0 Å². The Morgan fingerprint density at radius 2 is 1.85 bits per heavy atom. The fourth-order valence-electron chi connectivity index (χ4n) is 2.54. The van der Waals surface area contributed by atoms with E-state index >= 15 is 0 Å². The Morgan fingerprint density at radius 3 is 2.69 bits per heavy atom. The van der Waals surface area contributed by atoms with Gasteiger partial charge in [-0.3, -0.25) is 0 Å². The molecule has 2 aliphatic rings. The van der Waals surface area contributed by atoms with E-state index in [4.69, 9.17) is 0 Å². The average Bonchev–Trinajstić information content (AvgIpc) is 2.49. The maximum atomic E-state index is 2.70. The van der Waals surface area contributed by atoms with Gasteiger partial charge in [0.2, 0.25) is 0 Å². The van der Waals surface area contributed by atoms with E-state index in [2.05, 4.69) is 16.7 Å². The lowest BCUT2D eigenvalue weighted by Crippen LogP contribution is -2.30. The second kappa shape index (κ2) is 5.26. The molecule has 0 aromatic carbocycles. The van der Waals surface area contributed by atoms with Crippen LogP contribution in [0.5, 0.6) is 0 Å². The first-order valence-electron chi connectivity index (χ1n) is 5.75. The second-order valence-electron chi connectivity index (χ2n) is 4.42. The van der Waals surface area contributed by atoms with Gasteiger partial charge in [0.15, 0.2) is 0 Å². The fraction of sp³-hybridized carbons (Fsp3) is 1.00. The first kappa shape index (κ1) is 9.85. The molecule has 0 radical (unpaired) electrons. The highest BCUT2D eigenvalue weighted by atomic mass is 32.2. The first-order chi connectivity index (χ1) is 6.45. The van der Waals surface area contributed by atoms with Crippen LogP contribution in [0, 0.1) is 5.92 Å². The first-order valence-corrected chi connectivity index (χ1v) is 6.91. The van der Waals surface area contributed by atoms with Crippen LogP contribution >= 0.6 is 11.8 Å². The highest BCUT2D eigenvalue weighted by Crippen LogP contribution is 2.26. The van der Waals surface area contributed by atoms with E-state index in [1.165, 1.54) is 63.2 Å². The molecular formula is C11H21NS. The van der Waals surface area contributed by atoms with Gasteiger partial charge in [0.05, 0.1) is 0 Å². The summed E-state index contributed by atoms with van der Waals surface area (Å²) in [4.78, 5) is 2.70. The predicted molar refractivity (Wildman–Crippen MR) is 60.3 cm³/mol. The van der Waals surface area contributed by atoms with Gasteiger partial charge in [-0.25, -0.2) is 0 Å². The minimum atomic E-state index is 1.04. The lowest BCUT2D eigenvalue weighted by Gasteiger charge is -2.22. The van der Waals surface area contributed by atoms with Crippen LogP contribution in [-0.2, 0) is 0 Å². The molecule has 2 fully saturated rings. The van der Waals surface area contributed by atoms with Crippen LogP contribution in [0.25, 0.3) is 0 Å². The molecule has 2 rings (SSSR count). The van der Waals surface area contributed by atoms with Crippen molar-refractivity contribution in [1.82, 2.24) is 4.90 Å². The van der Waals surface area contributed by atoms with Gasteiger partial charge in [-0.2, -0.15) is 11.8 Å². The third-order valence-electron chi connectivity index (χ3n) is 3.31. The van der Waals surface area contributed by atoms with Gasteiger partial charge >= 0.3 is 0 Å². The Labute approximate surface area is 86.3 Å². The van der Waals surface area contributed by atoms with Crippen LogP contribution in [-0.4, -0.2) is 36.0 Å². The van der Waals surface area contributed by atoms with Crippen LogP contribution in [0.1, 0.15) is 32.1 Å². The Kier molecular flexibility index (Phi) is 3.98. The molecule has 0 amide bonds. The van der Waals surface area contributed by atoms with Crippen LogP contribution in [0.15, 0.2) is 0 Å². The molecule has 0 spiro atoms. The van der Waals surface area contributed by atoms with Crippen LogP contribution in [0.3, 0.4) is 0 Å². The highest BCUT2D eigenvalue weighted by molar-refractivity contribution is 7.99. The van der Waals surface area contributed by atoms with Crippen molar-refractivity contribution in [2.24, 2.45) is 5.92 Å². The summed E-state index contributed by atoms with van der Waals surface area (Å²) < 4.78 is 0. The zero-order valence-electron chi connectivity index (χ0n) is 8.50. The number of thioether (sulfide) groups is 1. The van der Waals surface area contributed by atoms with Gasteiger partial charge < -0.3 is 4.90 Å². The summed E-state index contributed by atoms with van der Waals surface area (Å²) in [5.41, 5.74) is 0. The zero-order chi connectivity index (χ0) is 8.93. The molecule has 1 saturated heterocycles. The largest absolute Gasteiger partial charge is 0.302 e. The monoisotopic (exact) mass is 199 g/mol. The van der Waals surface area contributed by atoms with Gasteiger partial charge in [0.25, 0.3) is 0 Å². The van der Waals surface area contributed by atoms with Crippen LogP contribution in [0.4, 0.5) is 0 Å².